The molecule has 0 bridgehead atoms. The van der Waals surface area contributed by atoms with Crippen molar-refractivity contribution in [1.82, 2.24) is 0 Å². The van der Waals surface area contributed by atoms with Crippen molar-refractivity contribution in [2.45, 2.75) is 46.5 Å². The van der Waals surface area contributed by atoms with Crippen molar-refractivity contribution >= 4 is 0 Å². The van der Waals surface area contributed by atoms with Crippen molar-refractivity contribution in [2.75, 3.05) is 0 Å². The van der Waals surface area contributed by atoms with Gasteiger partial charge in [0.25, 0.3) is 0 Å². The van der Waals surface area contributed by atoms with Crippen molar-refractivity contribution in [2.24, 2.45) is 17.8 Å². The van der Waals surface area contributed by atoms with Crippen LogP contribution >= 0.6 is 0 Å². The highest BCUT2D eigenvalue weighted by Crippen LogP contribution is 2.42. The summed E-state index contributed by atoms with van der Waals surface area (Å²) < 4.78 is 0. The summed E-state index contributed by atoms with van der Waals surface area (Å²) in [5, 5.41) is 0. The molecule has 3 atom stereocenters. The highest BCUT2D eigenvalue weighted by atomic mass is 14.4. The minimum absolute atomic E-state index is 0.966. The number of hydrogen-bond donors (Lipinski definition) is 0. The Kier molecular flexibility index (Phi) is 2.76. The van der Waals surface area contributed by atoms with Gasteiger partial charge in [-0.3, -0.25) is 0 Å². The lowest BCUT2D eigenvalue weighted by molar-refractivity contribution is 0.468. The Hall–Kier alpha value is 0. The van der Waals surface area contributed by atoms with E-state index in [1.807, 2.05) is 0 Å². The fraction of sp³-hybridized carbons (Fsp3) is 1.00. The van der Waals surface area contributed by atoms with E-state index in [-0.39, 0.29) is 0 Å². The van der Waals surface area contributed by atoms with Gasteiger partial charge in [0.15, 0.2) is 0 Å². The Balaban J connectivity index is 1.95. The summed E-state index contributed by atoms with van der Waals surface area (Å²) in [5.41, 5.74) is 0. The SMILES string of the molecule is CCC(C)CCC1CC1C. The number of rotatable bonds is 4. The summed E-state index contributed by atoms with van der Waals surface area (Å²) in [6.45, 7) is 7.04. The molecule has 0 heteroatoms. The van der Waals surface area contributed by atoms with Crippen LogP contribution in [0.25, 0.3) is 0 Å². The molecule has 1 saturated carbocycles. The summed E-state index contributed by atoms with van der Waals surface area (Å²) in [6, 6.07) is 0. The molecule has 0 aromatic heterocycles. The van der Waals surface area contributed by atoms with E-state index in [0.29, 0.717) is 0 Å². The van der Waals surface area contributed by atoms with Crippen LogP contribution in [-0.2, 0) is 0 Å². The Morgan fingerprint density at radius 2 is 2.10 bits per heavy atom. The van der Waals surface area contributed by atoms with Crippen molar-refractivity contribution in [3.63, 3.8) is 0 Å². The van der Waals surface area contributed by atoms with Gasteiger partial charge in [0, 0.05) is 0 Å². The fourth-order valence-corrected chi connectivity index (χ4v) is 1.50. The third-order valence-corrected chi connectivity index (χ3v) is 3.00. The van der Waals surface area contributed by atoms with Gasteiger partial charge in [-0.25, -0.2) is 0 Å². The van der Waals surface area contributed by atoms with Gasteiger partial charge in [0.2, 0.25) is 0 Å². The summed E-state index contributed by atoms with van der Waals surface area (Å²) in [5.74, 6) is 3.13. The van der Waals surface area contributed by atoms with Crippen LogP contribution in [0.1, 0.15) is 46.5 Å². The molecule has 0 aromatic carbocycles. The smallest absolute Gasteiger partial charge is 0.0386 e. The zero-order valence-electron chi connectivity index (χ0n) is 7.56. The summed E-state index contributed by atoms with van der Waals surface area (Å²) >= 11 is 0. The zero-order chi connectivity index (χ0) is 7.56. The molecule has 1 aliphatic rings. The standard InChI is InChI=1S/C10H20/c1-4-8(2)5-6-10-7-9(10)3/h8-10H,4-7H2,1-3H3. The van der Waals surface area contributed by atoms with E-state index in [1.165, 1.54) is 25.7 Å². The van der Waals surface area contributed by atoms with Crippen LogP contribution in [0, 0.1) is 17.8 Å². The molecule has 0 nitrogen and oxygen atoms in total. The summed E-state index contributed by atoms with van der Waals surface area (Å²) in [4.78, 5) is 0. The van der Waals surface area contributed by atoms with Crippen molar-refractivity contribution in [3.05, 3.63) is 0 Å². The Morgan fingerprint density at radius 1 is 1.50 bits per heavy atom. The average molecular weight is 140 g/mol. The topological polar surface area (TPSA) is 0 Å². The second kappa shape index (κ2) is 3.41. The predicted molar refractivity (Wildman–Crippen MR) is 46.0 cm³/mol. The van der Waals surface area contributed by atoms with Gasteiger partial charge < -0.3 is 0 Å². The molecule has 60 valence electrons. The van der Waals surface area contributed by atoms with Gasteiger partial charge >= 0.3 is 0 Å². The van der Waals surface area contributed by atoms with Gasteiger partial charge in [-0.1, -0.05) is 33.6 Å². The molecule has 0 saturated heterocycles. The molecular weight excluding hydrogens is 120 g/mol. The molecule has 10 heavy (non-hydrogen) atoms. The zero-order valence-corrected chi connectivity index (χ0v) is 7.56. The van der Waals surface area contributed by atoms with Crippen molar-refractivity contribution in [1.29, 1.82) is 0 Å². The van der Waals surface area contributed by atoms with Crippen LogP contribution in [0.2, 0.25) is 0 Å². The summed E-state index contributed by atoms with van der Waals surface area (Å²) in [6.07, 6.45) is 5.83. The molecular formula is C10H20. The average Bonchev–Trinajstić information content (AvgIpc) is 2.61. The van der Waals surface area contributed by atoms with Gasteiger partial charge in [-0.15, -0.1) is 0 Å². The third kappa shape index (κ3) is 2.32. The maximum absolute atomic E-state index is 2.38. The molecule has 0 radical (unpaired) electrons. The molecule has 0 heterocycles. The Bertz CT molecular complexity index is 92.2. The van der Waals surface area contributed by atoms with Crippen molar-refractivity contribution < 1.29 is 0 Å². The molecule has 1 aliphatic carbocycles. The first-order chi connectivity index (χ1) is 4.74. The van der Waals surface area contributed by atoms with E-state index in [2.05, 4.69) is 20.8 Å². The monoisotopic (exact) mass is 140 g/mol. The second-order valence-electron chi connectivity index (χ2n) is 4.06. The predicted octanol–water partition coefficient (Wildman–Crippen LogP) is 3.47. The normalized spacial score (nSPS) is 33.9. The van der Waals surface area contributed by atoms with Crippen LogP contribution in [0.15, 0.2) is 0 Å². The van der Waals surface area contributed by atoms with Crippen molar-refractivity contribution in [3.8, 4) is 0 Å². The minimum Gasteiger partial charge on any atom is -0.0651 e. The van der Waals surface area contributed by atoms with Crippen LogP contribution < -0.4 is 0 Å². The first kappa shape index (κ1) is 8.10. The van der Waals surface area contributed by atoms with Crippen LogP contribution in [-0.4, -0.2) is 0 Å². The molecule has 0 aromatic rings. The molecule has 0 amide bonds. The van der Waals surface area contributed by atoms with E-state index >= 15 is 0 Å². The van der Waals surface area contributed by atoms with E-state index in [0.717, 1.165) is 17.8 Å². The second-order valence-corrected chi connectivity index (χ2v) is 4.06. The lowest BCUT2D eigenvalue weighted by atomic mass is 10.0. The van der Waals surface area contributed by atoms with Gasteiger partial charge in [-0.05, 0) is 30.6 Å². The molecule has 1 fully saturated rings. The maximum atomic E-state index is 2.38. The van der Waals surface area contributed by atoms with Gasteiger partial charge in [0.05, 0.1) is 0 Å². The van der Waals surface area contributed by atoms with E-state index in [4.69, 9.17) is 0 Å². The quantitative estimate of drug-likeness (QED) is 0.561. The molecule has 0 spiro atoms. The molecule has 3 unspecified atom stereocenters. The highest BCUT2D eigenvalue weighted by molar-refractivity contribution is 4.82. The minimum atomic E-state index is 0.966. The van der Waals surface area contributed by atoms with E-state index in [1.54, 1.807) is 0 Å². The lowest BCUT2D eigenvalue weighted by Crippen LogP contribution is -1.92. The van der Waals surface area contributed by atoms with E-state index < -0.39 is 0 Å². The molecule has 0 aliphatic heterocycles. The maximum Gasteiger partial charge on any atom is -0.0386 e. The Morgan fingerprint density at radius 3 is 2.50 bits per heavy atom. The fourth-order valence-electron chi connectivity index (χ4n) is 1.50. The van der Waals surface area contributed by atoms with Gasteiger partial charge in [0.1, 0.15) is 0 Å². The lowest BCUT2D eigenvalue weighted by Gasteiger charge is -2.06. The largest absolute Gasteiger partial charge is 0.0651 e. The highest BCUT2D eigenvalue weighted by Gasteiger charge is 2.31. The molecule has 0 N–H and O–H groups in total. The Labute approximate surface area is 65.0 Å². The molecule has 1 rings (SSSR count). The van der Waals surface area contributed by atoms with Crippen LogP contribution in [0.5, 0.6) is 0 Å². The number of hydrogen-bond acceptors (Lipinski definition) is 0. The van der Waals surface area contributed by atoms with Crippen LogP contribution in [0.3, 0.4) is 0 Å². The summed E-state index contributed by atoms with van der Waals surface area (Å²) in [7, 11) is 0. The third-order valence-electron chi connectivity index (χ3n) is 3.00. The van der Waals surface area contributed by atoms with Gasteiger partial charge in [-0.2, -0.15) is 0 Å². The first-order valence-electron chi connectivity index (χ1n) is 4.74. The van der Waals surface area contributed by atoms with Crippen LogP contribution in [0.4, 0.5) is 0 Å². The first-order valence-corrected chi connectivity index (χ1v) is 4.74. The van der Waals surface area contributed by atoms with E-state index in [9.17, 15) is 0 Å².